The summed E-state index contributed by atoms with van der Waals surface area (Å²) in [4.78, 5) is 16.6. The predicted octanol–water partition coefficient (Wildman–Crippen LogP) is 4.62. The highest BCUT2D eigenvalue weighted by atomic mass is 19.3. The quantitative estimate of drug-likeness (QED) is 0.565. The van der Waals surface area contributed by atoms with Crippen LogP contribution in [-0.2, 0) is 9.53 Å². The molecule has 2 atom stereocenters. The molecule has 4 rings (SSSR count). The number of ether oxygens (including phenoxy) is 2. The van der Waals surface area contributed by atoms with Crippen molar-refractivity contribution >= 4 is 16.9 Å². The molecule has 2 aliphatic carbocycles. The van der Waals surface area contributed by atoms with E-state index >= 15 is 0 Å². The Morgan fingerprint density at radius 2 is 1.85 bits per heavy atom. The number of nitrogens with zero attached hydrogens (tertiary/aromatic N) is 1. The number of aromatic nitrogens is 1. The highest BCUT2D eigenvalue weighted by Gasteiger charge is 2.54. The van der Waals surface area contributed by atoms with Crippen LogP contribution in [0.2, 0.25) is 0 Å². The average Bonchev–Trinajstić information content (AvgIpc) is 2.64. The Labute approximate surface area is 156 Å². The van der Waals surface area contributed by atoms with Crippen molar-refractivity contribution in [3.05, 3.63) is 36.5 Å². The largest absolute Gasteiger partial charge is 0.489 e. The third kappa shape index (κ3) is 3.62. The van der Waals surface area contributed by atoms with E-state index in [-0.39, 0.29) is 32.0 Å². The Hall–Kier alpha value is -2.24. The second-order valence-electron chi connectivity index (χ2n) is 7.51. The van der Waals surface area contributed by atoms with Crippen molar-refractivity contribution < 1.29 is 23.0 Å². The van der Waals surface area contributed by atoms with E-state index in [0.29, 0.717) is 18.6 Å². The SMILES string of the molecule is O=C(OCCOc1ccnc2ccccc12)C1CC2CCCC(C1)C2(F)F. The molecule has 0 amide bonds. The molecule has 0 radical (unpaired) electrons. The highest BCUT2D eigenvalue weighted by molar-refractivity contribution is 5.84. The maximum Gasteiger partial charge on any atom is 0.309 e. The van der Waals surface area contributed by atoms with E-state index in [0.717, 1.165) is 17.3 Å². The number of para-hydroxylation sites is 1. The maximum atomic E-state index is 14.2. The Morgan fingerprint density at radius 1 is 1.11 bits per heavy atom. The summed E-state index contributed by atoms with van der Waals surface area (Å²) in [5.41, 5.74) is 0.835. The van der Waals surface area contributed by atoms with Crippen molar-refractivity contribution in [2.75, 3.05) is 13.2 Å². The highest BCUT2D eigenvalue weighted by Crippen LogP contribution is 2.52. The Morgan fingerprint density at radius 3 is 2.63 bits per heavy atom. The molecular formula is C21H23F2NO3. The van der Waals surface area contributed by atoms with Crippen LogP contribution < -0.4 is 4.74 Å². The number of pyridine rings is 1. The van der Waals surface area contributed by atoms with Crippen molar-refractivity contribution in [3.8, 4) is 5.75 Å². The lowest BCUT2D eigenvalue weighted by atomic mass is 9.65. The van der Waals surface area contributed by atoms with Gasteiger partial charge < -0.3 is 9.47 Å². The van der Waals surface area contributed by atoms with E-state index in [4.69, 9.17) is 9.47 Å². The standard InChI is InChI=1S/C21H23F2NO3/c22-21(23)15-4-3-5-16(21)13-14(12-15)20(25)27-11-10-26-19-8-9-24-18-7-2-1-6-17(18)19/h1-2,6-9,14-16H,3-5,10-13H2. The number of halogens is 2. The molecule has 1 aromatic heterocycles. The van der Waals surface area contributed by atoms with E-state index in [1.807, 2.05) is 24.3 Å². The average molecular weight is 375 g/mol. The normalized spacial score (nSPS) is 26.5. The van der Waals surface area contributed by atoms with Crippen LogP contribution in [0.4, 0.5) is 8.78 Å². The van der Waals surface area contributed by atoms with Gasteiger partial charge >= 0.3 is 5.97 Å². The summed E-state index contributed by atoms with van der Waals surface area (Å²) < 4.78 is 39.4. The lowest BCUT2D eigenvalue weighted by Gasteiger charge is -2.44. The molecule has 0 spiro atoms. The van der Waals surface area contributed by atoms with Crippen LogP contribution in [0, 0.1) is 17.8 Å². The minimum atomic E-state index is -2.62. The zero-order chi connectivity index (χ0) is 18.9. The number of hydrogen-bond acceptors (Lipinski definition) is 4. The van der Waals surface area contributed by atoms with Gasteiger partial charge in [0.05, 0.1) is 11.4 Å². The predicted molar refractivity (Wildman–Crippen MR) is 96.7 cm³/mol. The van der Waals surface area contributed by atoms with Crippen LogP contribution in [0.1, 0.15) is 32.1 Å². The van der Waals surface area contributed by atoms with E-state index in [2.05, 4.69) is 4.98 Å². The molecule has 0 N–H and O–H groups in total. The van der Waals surface area contributed by atoms with Gasteiger partial charge in [0.15, 0.2) is 0 Å². The number of esters is 1. The van der Waals surface area contributed by atoms with Crippen LogP contribution in [0.15, 0.2) is 36.5 Å². The topological polar surface area (TPSA) is 48.4 Å². The van der Waals surface area contributed by atoms with Gasteiger partial charge in [-0.3, -0.25) is 9.78 Å². The number of carbonyl (C=O) groups is 1. The molecule has 6 heteroatoms. The number of hydrogen-bond donors (Lipinski definition) is 0. The van der Waals surface area contributed by atoms with Crippen molar-refractivity contribution in [1.82, 2.24) is 4.98 Å². The number of alkyl halides is 2. The first-order chi connectivity index (χ1) is 13.1. The van der Waals surface area contributed by atoms with Gasteiger partial charge in [-0.1, -0.05) is 18.6 Å². The summed E-state index contributed by atoms with van der Waals surface area (Å²) in [6.07, 6.45) is 3.98. The summed E-state index contributed by atoms with van der Waals surface area (Å²) in [5, 5.41) is 0.897. The third-order valence-electron chi connectivity index (χ3n) is 5.86. The molecule has 144 valence electrons. The molecule has 0 aliphatic heterocycles. The van der Waals surface area contributed by atoms with Gasteiger partial charge in [0.1, 0.15) is 19.0 Å². The molecule has 4 nitrogen and oxygen atoms in total. The molecule has 1 heterocycles. The molecule has 2 unspecified atom stereocenters. The first kappa shape index (κ1) is 18.1. The van der Waals surface area contributed by atoms with Gasteiger partial charge in [-0.2, -0.15) is 0 Å². The molecule has 2 fully saturated rings. The fourth-order valence-corrected chi connectivity index (χ4v) is 4.46. The van der Waals surface area contributed by atoms with Gasteiger partial charge in [-0.15, -0.1) is 0 Å². The van der Waals surface area contributed by atoms with Crippen LogP contribution in [0.5, 0.6) is 5.75 Å². The molecular weight excluding hydrogens is 352 g/mol. The molecule has 0 saturated heterocycles. The van der Waals surface area contributed by atoms with E-state index in [1.54, 1.807) is 12.3 Å². The lowest BCUT2D eigenvalue weighted by molar-refractivity contribution is -0.180. The Balaban J connectivity index is 1.29. The van der Waals surface area contributed by atoms with E-state index in [9.17, 15) is 13.6 Å². The zero-order valence-electron chi connectivity index (χ0n) is 15.1. The zero-order valence-corrected chi connectivity index (χ0v) is 15.1. The third-order valence-corrected chi connectivity index (χ3v) is 5.86. The number of benzene rings is 1. The summed E-state index contributed by atoms with van der Waals surface area (Å²) in [6, 6.07) is 9.41. The van der Waals surface area contributed by atoms with Crippen molar-refractivity contribution in [1.29, 1.82) is 0 Å². The molecule has 2 bridgehead atoms. The van der Waals surface area contributed by atoms with Gasteiger partial charge in [0.25, 0.3) is 5.92 Å². The molecule has 27 heavy (non-hydrogen) atoms. The number of rotatable bonds is 5. The minimum Gasteiger partial charge on any atom is -0.489 e. The second kappa shape index (κ2) is 7.41. The van der Waals surface area contributed by atoms with Gasteiger partial charge in [0, 0.05) is 23.4 Å². The molecule has 2 aliphatic rings. The first-order valence-corrected chi connectivity index (χ1v) is 9.56. The monoisotopic (exact) mass is 375 g/mol. The number of fused-ring (bicyclic) bond motifs is 3. The van der Waals surface area contributed by atoms with Crippen LogP contribution in [-0.4, -0.2) is 30.1 Å². The Kier molecular flexibility index (Phi) is 4.98. The minimum absolute atomic E-state index is 0.109. The lowest BCUT2D eigenvalue weighted by Crippen LogP contribution is -2.47. The molecule has 2 saturated carbocycles. The van der Waals surface area contributed by atoms with E-state index in [1.165, 1.54) is 0 Å². The van der Waals surface area contributed by atoms with Gasteiger partial charge in [-0.05, 0) is 43.9 Å². The van der Waals surface area contributed by atoms with Crippen LogP contribution >= 0.6 is 0 Å². The second-order valence-corrected chi connectivity index (χ2v) is 7.51. The van der Waals surface area contributed by atoms with Gasteiger partial charge in [0.2, 0.25) is 0 Å². The number of carbonyl (C=O) groups excluding carboxylic acids is 1. The fourth-order valence-electron chi connectivity index (χ4n) is 4.46. The van der Waals surface area contributed by atoms with Crippen molar-refractivity contribution in [3.63, 3.8) is 0 Å². The van der Waals surface area contributed by atoms with Crippen LogP contribution in [0.25, 0.3) is 10.9 Å². The maximum absolute atomic E-state index is 14.2. The van der Waals surface area contributed by atoms with E-state index < -0.39 is 23.7 Å². The molecule has 1 aromatic carbocycles. The van der Waals surface area contributed by atoms with Gasteiger partial charge in [-0.25, -0.2) is 8.78 Å². The van der Waals surface area contributed by atoms with Crippen molar-refractivity contribution in [2.45, 2.75) is 38.0 Å². The smallest absolute Gasteiger partial charge is 0.309 e. The summed E-state index contributed by atoms with van der Waals surface area (Å²) >= 11 is 0. The summed E-state index contributed by atoms with van der Waals surface area (Å²) in [6.45, 7) is 0.327. The molecule has 2 aromatic rings. The summed E-state index contributed by atoms with van der Waals surface area (Å²) in [7, 11) is 0. The first-order valence-electron chi connectivity index (χ1n) is 9.56. The van der Waals surface area contributed by atoms with Crippen LogP contribution in [0.3, 0.4) is 0 Å². The summed E-state index contributed by atoms with van der Waals surface area (Å²) in [5.74, 6) is -4.08. The fraction of sp³-hybridized carbons (Fsp3) is 0.524. The van der Waals surface area contributed by atoms with Crippen molar-refractivity contribution in [2.24, 2.45) is 17.8 Å². The Bertz CT molecular complexity index is 805.